The summed E-state index contributed by atoms with van der Waals surface area (Å²) < 4.78 is 18.6. The third kappa shape index (κ3) is 2.57. The summed E-state index contributed by atoms with van der Waals surface area (Å²) in [6.45, 7) is 6.30. The number of benzene rings is 1. The second-order valence-electron chi connectivity index (χ2n) is 5.79. The van der Waals surface area contributed by atoms with E-state index in [1.165, 1.54) is 18.5 Å². The van der Waals surface area contributed by atoms with Gasteiger partial charge in [0, 0.05) is 13.1 Å². The van der Waals surface area contributed by atoms with Crippen molar-refractivity contribution in [2.75, 3.05) is 18.0 Å². The van der Waals surface area contributed by atoms with Crippen molar-refractivity contribution in [1.82, 2.24) is 9.97 Å². The van der Waals surface area contributed by atoms with Crippen molar-refractivity contribution in [3.8, 4) is 11.5 Å². The molecule has 0 atom stereocenters. The molecule has 0 N–H and O–H groups in total. The predicted molar refractivity (Wildman–Crippen MR) is 74.5 cm³/mol. The Bertz CT molecular complexity index is 605. The smallest absolute Gasteiger partial charge is 0.188 e. The molecule has 0 unspecified atom stereocenters. The number of ether oxygens (including phenoxy) is 1. The molecule has 1 aromatic carbocycles. The highest BCUT2D eigenvalue weighted by Crippen LogP contribution is 2.37. The van der Waals surface area contributed by atoms with Crippen molar-refractivity contribution in [3.05, 3.63) is 42.6 Å². The number of rotatable bonds is 3. The van der Waals surface area contributed by atoms with Crippen molar-refractivity contribution in [3.63, 3.8) is 0 Å². The zero-order chi connectivity index (χ0) is 14.2. The monoisotopic (exact) mass is 273 g/mol. The largest absolute Gasteiger partial charge is 0.452 e. The maximum absolute atomic E-state index is 12.9. The maximum Gasteiger partial charge on any atom is 0.188 e. The van der Waals surface area contributed by atoms with E-state index < -0.39 is 0 Å². The quantitative estimate of drug-likeness (QED) is 0.860. The third-order valence-electron chi connectivity index (χ3n) is 3.24. The van der Waals surface area contributed by atoms with Crippen LogP contribution in [-0.4, -0.2) is 23.1 Å². The van der Waals surface area contributed by atoms with Crippen LogP contribution in [0, 0.1) is 11.2 Å². The molecular formula is C15H16FN3O. The van der Waals surface area contributed by atoms with Crippen molar-refractivity contribution >= 4 is 5.82 Å². The molecule has 1 aromatic heterocycles. The van der Waals surface area contributed by atoms with Crippen LogP contribution in [0.4, 0.5) is 10.2 Å². The molecule has 104 valence electrons. The number of anilines is 1. The zero-order valence-electron chi connectivity index (χ0n) is 11.5. The average molecular weight is 273 g/mol. The Morgan fingerprint density at radius 2 is 1.90 bits per heavy atom. The van der Waals surface area contributed by atoms with E-state index in [1.807, 2.05) is 0 Å². The lowest BCUT2D eigenvalue weighted by Crippen LogP contribution is -2.53. The van der Waals surface area contributed by atoms with E-state index in [0.29, 0.717) is 16.9 Å². The predicted octanol–water partition coefficient (Wildman–Crippen LogP) is 3.25. The lowest BCUT2D eigenvalue weighted by Gasteiger charge is -2.46. The molecule has 0 saturated carbocycles. The van der Waals surface area contributed by atoms with Gasteiger partial charge in [-0.1, -0.05) is 13.8 Å². The van der Waals surface area contributed by atoms with E-state index in [-0.39, 0.29) is 5.82 Å². The lowest BCUT2D eigenvalue weighted by atomic mass is 9.84. The van der Waals surface area contributed by atoms with Gasteiger partial charge in [0.2, 0.25) is 0 Å². The molecule has 0 spiro atoms. The van der Waals surface area contributed by atoms with Gasteiger partial charge in [0.05, 0.1) is 6.20 Å². The van der Waals surface area contributed by atoms with Crippen LogP contribution in [0.3, 0.4) is 0 Å². The highest BCUT2D eigenvalue weighted by atomic mass is 19.1. The van der Waals surface area contributed by atoms with Crippen LogP contribution in [-0.2, 0) is 0 Å². The molecule has 0 amide bonds. The van der Waals surface area contributed by atoms with Crippen molar-refractivity contribution < 1.29 is 9.13 Å². The standard InChI is InChI=1S/C15H16FN3O/c1-15(2)8-19(9-15)14-13(7-17-10-18-14)20-12-5-3-11(16)4-6-12/h3-7,10H,8-9H2,1-2H3. The van der Waals surface area contributed by atoms with Gasteiger partial charge in [0.1, 0.15) is 17.9 Å². The van der Waals surface area contributed by atoms with Gasteiger partial charge in [0.15, 0.2) is 11.6 Å². The molecule has 1 aliphatic rings. The van der Waals surface area contributed by atoms with Gasteiger partial charge in [-0.05, 0) is 29.7 Å². The topological polar surface area (TPSA) is 38.2 Å². The summed E-state index contributed by atoms with van der Waals surface area (Å²) in [6.07, 6.45) is 3.15. The first kappa shape index (κ1) is 12.8. The van der Waals surface area contributed by atoms with Crippen LogP contribution in [0.1, 0.15) is 13.8 Å². The van der Waals surface area contributed by atoms with Gasteiger partial charge in [0.25, 0.3) is 0 Å². The summed E-state index contributed by atoms with van der Waals surface area (Å²) in [4.78, 5) is 10.4. The van der Waals surface area contributed by atoms with Crippen LogP contribution >= 0.6 is 0 Å². The van der Waals surface area contributed by atoms with E-state index in [4.69, 9.17) is 4.74 Å². The van der Waals surface area contributed by atoms with Crippen LogP contribution in [0.25, 0.3) is 0 Å². The Morgan fingerprint density at radius 3 is 2.55 bits per heavy atom. The Kier molecular flexibility index (Phi) is 3.04. The molecule has 1 fully saturated rings. The second-order valence-corrected chi connectivity index (χ2v) is 5.79. The minimum atomic E-state index is -0.286. The summed E-state index contributed by atoms with van der Waals surface area (Å²) >= 11 is 0. The summed E-state index contributed by atoms with van der Waals surface area (Å²) in [7, 11) is 0. The summed E-state index contributed by atoms with van der Waals surface area (Å²) in [5.74, 6) is 1.66. The highest BCUT2D eigenvalue weighted by molar-refractivity contribution is 5.54. The van der Waals surface area contributed by atoms with Crippen LogP contribution in [0.5, 0.6) is 11.5 Å². The molecule has 5 heteroatoms. The number of nitrogens with zero attached hydrogens (tertiary/aromatic N) is 3. The third-order valence-corrected chi connectivity index (χ3v) is 3.24. The van der Waals surface area contributed by atoms with Crippen LogP contribution in [0.2, 0.25) is 0 Å². The fourth-order valence-electron chi connectivity index (χ4n) is 2.39. The first-order valence-corrected chi connectivity index (χ1v) is 6.52. The van der Waals surface area contributed by atoms with Crippen molar-refractivity contribution in [2.45, 2.75) is 13.8 Å². The fourth-order valence-corrected chi connectivity index (χ4v) is 2.39. The van der Waals surface area contributed by atoms with Gasteiger partial charge < -0.3 is 9.64 Å². The molecule has 1 aliphatic heterocycles. The summed E-state index contributed by atoms with van der Waals surface area (Å²) in [6, 6.07) is 5.91. The van der Waals surface area contributed by atoms with E-state index in [9.17, 15) is 4.39 Å². The molecule has 20 heavy (non-hydrogen) atoms. The SMILES string of the molecule is CC1(C)CN(c2ncncc2Oc2ccc(F)cc2)C1. The Balaban J connectivity index is 1.81. The van der Waals surface area contributed by atoms with E-state index in [0.717, 1.165) is 18.9 Å². The summed E-state index contributed by atoms with van der Waals surface area (Å²) in [5, 5.41) is 0. The molecule has 2 heterocycles. The molecule has 0 aliphatic carbocycles. The van der Waals surface area contributed by atoms with Gasteiger partial charge in [-0.15, -0.1) is 0 Å². The zero-order valence-corrected chi connectivity index (χ0v) is 11.5. The Morgan fingerprint density at radius 1 is 1.20 bits per heavy atom. The highest BCUT2D eigenvalue weighted by Gasteiger charge is 2.36. The molecular weight excluding hydrogens is 257 g/mol. The molecule has 4 nitrogen and oxygen atoms in total. The first-order chi connectivity index (χ1) is 9.53. The average Bonchev–Trinajstić information content (AvgIpc) is 2.39. The fraction of sp³-hybridized carbons (Fsp3) is 0.333. The molecule has 0 radical (unpaired) electrons. The minimum Gasteiger partial charge on any atom is -0.452 e. The van der Waals surface area contributed by atoms with Gasteiger partial charge in [-0.2, -0.15) is 0 Å². The number of aromatic nitrogens is 2. The Labute approximate surface area is 117 Å². The number of hydrogen-bond donors (Lipinski definition) is 0. The maximum atomic E-state index is 12.9. The van der Waals surface area contributed by atoms with Gasteiger partial charge in [-0.25, -0.2) is 14.4 Å². The summed E-state index contributed by atoms with van der Waals surface area (Å²) in [5.41, 5.74) is 0.304. The number of hydrogen-bond acceptors (Lipinski definition) is 4. The first-order valence-electron chi connectivity index (χ1n) is 6.52. The van der Waals surface area contributed by atoms with Gasteiger partial charge in [-0.3, -0.25) is 0 Å². The molecule has 3 rings (SSSR count). The second kappa shape index (κ2) is 4.74. The molecule has 2 aromatic rings. The molecule has 1 saturated heterocycles. The molecule has 0 bridgehead atoms. The minimum absolute atomic E-state index is 0.286. The van der Waals surface area contributed by atoms with Gasteiger partial charge >= 0.3 is 0 Å². The van der Waals surface area contributed by atoms with Crippen LogP contribution in [0.15, 0.2) is 36.8 Å². The van der Waals surface area contributed by atoms with E-state index >= 15 is 0 Å². The van der Waals surface area contributed by atoms with Crippen molar-refractivity contribution in [1.29, 1.82) is 0 Å². The van der Waals surface area contributed by atoms with E-state index in [2.05, 4.69) is 28.7 Å². The lowest BCUT2D eigenvalue weighted by molar-refractivity contribution is 0.272. The number of halogens is 1. The van der Waals surface area contributed by atoms with E-state index in [1.54, 1.807) is 18.3 Å². The normalized spacial score (nSPS) is 16.6. The van der Waals surface area contributed by atoms with Crippen LogP contribution < -0.4 is 9.64 Å². The Hall–Kier alpha value is -2.17. The van der Waals surface area contributed by atoms with Crippen molar-refractivity contribution in [2.24, 2.45) is 5.41 Å².